The quantitative estimate of drug-likeness (QED) is 0.691. The summed E-state index contributed by atoms with van der Waals surface area (Å²) in [4.78, 5) is 18.4. The first-order chi connectivity index (χ1) is 12.7. The summed E-state index contributed by atoms with van der Waals surface area (Å²) in [6.07, 6.45) is 5.96. The van der Waals surface area contributed by atoms with Crippen molar-refractivity contribution in [2.45, 2.75) is 19.1 Å². The Bertz CT molecular complexity index is 879. The number of carbonyl (C=O) groups is 1. The van der Waals surface area contributed by atoms with E-state index in [1.165, 1.54) is 23.5 Å². The lowest BCUT2D eigenvalue weighted by atomic mass is 10.1. The highest BCUT2D eigenvalue weighted by molar-refractivity contribution is 7.11. The summed E-state index contributed by atoms with van der Waals surface area (Å²) in [5.74, 6) is -0.274. The molecule has 0 saturated carbocycles. The Hall–Kier alpha value is -2.74. The molecule has 2 aromatic heterocycles. The molecule has 1 aromatic carbocycles. The molecule has 1 unspecified atom stereocenters. The van der Waals surface area contributed by atoms with Crippen molar-refractivity contribution in [1.29, 1.82) is 0 Å². The molecule has 1 amide bonds. The summed E-state index contributed by atoms with van der Waals surface area (Å²) >= 11 is 1.45. The molecule has 0 aliphatic carbocycles. The normalized spacial score (nSPS) is 16.8. The molecule has 3 aromatic rings. The topological polar surface area (TPSA) is 60.2 Å². The van der Waals surface area contributed by atoms with Crippen LogP contribution in [-0.2, 0) is 11.3 Å². The number of hydrogen-bond acceptors (Lipinski definition) is 5. The predicted octanol–water partition coefficient (Wildman–Crippen LogP) is 2.83. The van der Waals surface area contributed by atoms with Crippen LogP contribution >= 0.6 is 11.3 Å². The van der Waals surface area contributed by atoms with Crippen LogP contribution in [0.2, 0.25) is 0 Å². The number of benzene rings is 1. The average Bonchev–Trinajstić information content (AvgIpc) is 3.38. The number of aromatic nitrogens is 3. The zero-order chi connectivity index (χ0) is 17.9. The zero-order valence-corrected chi connectivity index (χ0v) is 14.7. The maximum absolute atomic E-state index is 13.0. The van der Waals surface area contributed by atoms with Crippen LogP contribution in [0.25, 0.3) is 11.1 Å². The summed E-state index contributed by atoms with van der Waals surface area (Å²) < 4.78 is 20.4. The summed E-state index contributed by atoms with van der Waals surface area (Å²) in [7, 11) is 0. The van der Waals surface area contributed by atoms with Crippen LogP contribution < -0.4 is 4.74 Å². The molecule has 4 rings (SSSR count). The van der Waals surface area contributed by atoms with E-state index in [1.807, 2.05) is 5.38 Å². The largest absolute Gasteiger partial charge is 0.465 e. The second-order valence-electron chi connectivity index (χ2n) is 6.10. The van der Waals surface area contributed by atoms with Crippen LogP contribution in [0.5, 0.6) is 5.19 Å². The van der Waals surface area contributed by atoms with Crippen molar-refractivity contribution in [3.63, 3.8) is 0 Å². The highest BCUT2D eigenvalue weighted by atomic mass is 32.1. The Labute approximate surface area is 153 Å². The Morgan fingerprint density at radius 3 is 2.92 bits per heavy atom. The molecule has 1 aliphatic rings. The summed E-state index contributed by atoms with van der Waals surface area (Å²) in [5.41, 5.74) is 1.72. The van der Waals surface area contributed by atoms with Gasteiger partial charge >= 0.3 is 0 Å². The van der Waals surface area contributed by atoms with Gasteiger partial charge in [0, 0.05) is 36.3 Å². The summed E-state index contributed by atoms with van der Waals surface area (Å²) in [6.45, 7) is 1.40. The lowest BCUT2D eigenvalue weighted by Gasteiger charge is -2.16. The number of carbonyl (C=O) groups excluding carboxylic acids is 1. The van der Waals surface area contributed by atoms with Gasteiger partial charge < -0.3 is 9.64 Å². The van der Waals surface area contributed by atoms with Crippen LogP contribution in [0, 0.1) is 5.82 Å². The van der Waals surface area contributed by atoms with Crippen LogP contribution in [0.15, 0.2) is 48.2 Å². The SMILES string of the molecule is O=C(Cn1cc(-c2ccc(F)cc2)cn1)N1CCC(Oc2nccs2)C1. The van der Waals surface area contributed by atoms with Gasteiger partial charge in [-0.25, -0.2) is 9.37 Å². The molecular weight excluding hydrogens is 355 g/mol. The molecule has 0 spiro atoms. The van der Waals surface area contributed by atoms with Crippen LogP contribution in [0.1, 0.15) is 6.42 Å². The van der Waals surface area contributed by atoms with E-state index in [2.05, 4.69) is 10.1 Å². The van der Waals surface area contributed by atoms with Crippen LogP contribution in [0.3, 0.4) is 0 Å². The fourth-order valence-corrected chi connectivity index (χ4v) is 3.49. The van der Waals surface area contributed by atoms with E-state index in [0.717, 1.165) is 17.5 Å². The minimum atomic E-state index is -0.278. The van der Waals surface area contributed by atoms with Gasteiger partial charge in [0.05, 0.1) is 12.7 Å². The number of likely N-dealkylation sites (tertiary alicyclic amines) is 1. The lowest BCUT2D eigenvalue weighted by molar-refractivity contribution is -0.131. The third kappa shape index (κ3) is 3.75. The van der Waals surface area contributed by atoms with E-state index in [9.17, 15) is 9.18 Å². The first-order valence-corrected chi connectivity index (χ1v) is 9.18. The zero-order valence-electron chi connectivity index (χ0n) is 13.9. The third-order valence-corrected chi connectivity index (χ3v) is 4.94. The van der Waals surface area contributed by atoms with Gasteiger partial charge in [0.2, 0.25) is 5.91 Å². The highest BCUT2D eigenvalue weighted by Gasteiger charge is 2.28. The summed E-state index contributed by atoms with van der Waals surface area (Å²) in [5, 5.41) is 6.75. The Kier molecular flexibility index (Phi) is 4.66. The van der Waals surface area contributed by atoms with Crippen molar-refractivity contribution < 1.29 is 13.9 Å². The number of hydrogen-bond donors (Lipinski definition) is 0. The van der Waals surface area contributed by atoms with Gasteiger partial charge in [-0.15, -0.1) is 0 Å². The maximum atomic E-state index is 13.0. The van der Waals surface area contributed by atoms with Crippen molar-refractivity contribution in [3.05, 3.63) is 54.1 Å². The van der Waals surface area contributed by atoms with Crippen LogP contribution in [0.4, 0.5) is 4.39 Å². The Balaban J connectivity index is 1.34. The van der Waals surface area contributed by atoms with Gasteiger partial charge in [-0.2, -0.15) is 5.10 Å². The van der Waals surface area contributed by atoms with Gasteiger partial charge in [0.1, 0.15) is 18.5 Å². The fourth-order valence-electron chi connectivity index (χ4n) is 2.94. The van der Waals surface area contributed by atoms with E-state index < -0.39 is 0 Å². The molecule has 0 bridgehead atoms. The number of thiazole rings is 1. The number of amides is 1. The predicted molar refractivity (Wildman–Crippen MR) is 95.3 cm³/mol. The van der Waals surface area contributed by atoms with E-state index in [1.54, 1.807) is 40.3 Å². The van der Waals surface area contributed by atoms with E-state index in [4.69, 9.17) is 4.74 Å². The molecule has 1 saturated heterocycles. The fraction of sp³-hybridized carbons (Fsp3) is 0.278. The second-order valence-corrected chi connectivity index (χ2v) is 6.96. The van der Waals surface area contributed by atoms with Crippen molar-refractivity contribution in [3.8, 4) is 16.3 Å². The van der Waals surface area contributed by atoms with Crippen molar-refractivity contribution in [2.75, 3.05) is 13.1 Å². The molecule has 1 aliphatic heterocycles. The van der Waals surface area contributed by atoms with Crippen LogP contribution in [-0.4, -0.2) is 44.8 Å². The van der Waals surface area contributed by atoms with Gasteiger partial charge in [-0.1, -0.05) is 23.5 Å². The van der Waals surface area contributed by atoms with Gasteiger partial charge in [0.25, 0.3) is 5.19 Å². The molecule has 1 atom stereocenters. The number of nitrogens with zero attached hydrogens (tertiary/aromatic N) is 4. The van der Waals surface area contributed by atoms with Gasteiger partial charge in [0.15, 0.2) is 0 Å². The highest BCUT2D eigenvalue weighted by Crippen LogP contribution is 2.21. The minimum Gasteiger partial charge on any atom is -0.465 e. The lowest BCUT2D eigenvalue weighted by Crippen LogP contribution is -2.33. The Morgan fingerprint density at radius 2 is 2.15 bits per heavy atom. The maximum Gasteiger partial charge on any atom is 0.273 e. The monoisotopic (exact) mass is 372 g/mol. The standard InChI is InChI=1S/C18H17FN4O2S/c19-15-3-1-13(2-4-15)14-9-21-23(10-14)12-17(24)22-7-5-16(11-22)25-18-20-6-8-26-18/h1-4,6,8-10,16H,5,7,11-12H2. The van der Waals surface area contributed by atoms with E-state index in [0.29, 0.717) is 18.3 Å². The second kappa shape index (κ2) is 7.25. The molecule has 26 heavy (non-hydrogen) atoms. The molecule has 6 nitrogen and oxygen atoms in total. The molecule has 0 radical (unpaired) electrons. The first-order valence-electron chi connectivity index (χ1n) is 8.30. The average molecular weight is 372 g/mol. The number of rotatable bonds is 5. The minimum absolute atomic E-state index is 0.00370. The van der Waals surface area contributed by atoms with E-state index in [-0.39, 0.29) is 24.4 Å². The molecule has 0 N–H and O–H groups in total. The van der Waals surface area contributed by atoms with E-state index >= 15 is 0 Å². The van der Waals surface area contributed by atoms with Gasteiger partial charge in [-0.3, -0.25) is 9.48 Å². The molecule has 3 heterocycles. The molecule has 8 heteroatoms. The van der Waals surface area contributed by atoms with Crippen molar-refractivity contribution in [2.24, 2.45) is 0 Å². The molecule has 134 valence electrons. The smallest absolute Gasteiger partial charge is 0.273 e. The molecular formula is C18H17FN4O2S. The first kappa shape index (κ1) is 16.7. The van der Waals surface area contributed by atoms with Crippen molar-refractivity contribution >= 4 is 17.2 Å². The molecule has 1 fully saturated rings. The number of ether oxygens (including phenoxy) is 1. The van der Waals surface area contributed by atoms with Gasteiger partial charge in [-0.05, 0) is 17.7 Å². The number of halogens is 1. The Morgan fingerprint density at radius 1 is 1.31 bits per heavy atom. The van der Waals surface area contributed by atoms with Crippen molar-refractivity contribution in [1.82, 2.24) is 19.7 Å². The third-order valence-electron chi connectivity index (χ3n) is 4.28. The summed E-state index contributed by atoms with van der Waals surface area (Å²) in [6, 6.07) is 6.20.